The molecule has 0 spiro atoms. The Balaban J connectivity index is 2.08. The largest absolute Gasteiger partial charge is 0.463 e. The molecule has 0 aliphatic heterocycles. The molecular formula is C24H30O2. The maximum atomic E-state index is 11.4. The van der Waals surface area contributed by atoms with Crippen molar-refractivity contribution in [3.63, 3.8) is 0 Å². The number of benzene rings is 1. The topological polar surface area (TPSA) is 26.3 Å². The fourth-order valence-corrected chi connectivity index (χ4v) is 3.45. The van der Waals surface area contributed by atoms with Gasteiger partial charge in [0, 0.05) is 6.08 Å². The molecule has 0 unspecified atom stereocenters. The average Bonchev–Trinajstić information content (AvgIpc) is 3.03. The Bertz CT molecular complexity index is 789. The Morgan fingerprint density at radius 3 is 2.65 bits per heavy atom. The minimum atomic E-state index is -0.294. The van der Waals surface area contributed by atoms with Crippen molar-refractivity contribution >= 4 is 12.0 Å². The number of fused-ring (bicyclic) bond motifs is 1. The number of hydrogen-bond donors (Lipinski definition) is 0. The van der Waals surface area contributed by atoms with E-state index >= 15 is 0 Å². The van der Waals surface area contributed by atoms with Gasteiger partial charge in [-0.05, 0) is 87.3 Å². The Morgan fingerprint density at radius 2 is 1.92 bits per heavy atom. The van der Waals surface area contributed by atoms with Crippen LogP contribution in [-0.2, 0) is 22.4 Å². The molecule has 0 saturated carbocycles. The first-order chi connectivity index (χ1) is 12.4. The van der Waals surface area contributed by atoms with Crippen LogP contribution in [0.25, 0.3) is 6.08 Å². The lowest BCUT2D eigenvalue weighted by molar-refractivity contribution is -0.137. The molecule has 1 aliphatic carbocycles. The molecule has 26 heavy (non-hydrogen) atoms. The smallest absolute Gasteiger partial charge is 0.330 e. The summed E-state index contributed by atoms with van der Waals surface area (Å²) in [4.78, 5) is 11.4. The maximum Gasteiger partial charge on any atom is 0.330 e. The Morgan fingerprint density at radius 1 is 1.15 bits per heavy atom. The highest BCUT2D eigenvalue weighted by molar-refractivity contribution is 5.83. The molecule has 1 aromatic rings. The lowest BCUT2D eigenvalue weighted by Crippen LogP contribution is -1.99. The van der Waals surface area contributed by atoms with Gasteiger partial charge in [0.25, 0.3) is 0 Å². The predicted octanol–water partition coefficient (Wildman–Crippen LogP) is 5.82. The van der Waals surface area contributed by atoms with Crippen LogP contribution in [0.5, 0.6) is 0 Å². The summed E-state index contributed by atoms with van der Waals surface area (Å²) in [6.07, 6.45) is 15.6. The Hall–Kier alpha value is -2.35. The van der Waals surface area contributed by atoms with Gasteiger partial charge in [-0.2, -0.15) is 0 Å². The Kier molecular flexibility index (Phi) is 7.20. The van der Waals surface area contributed by atoms with E-state index in [1.165, 1.54) is 53.2 Å². The summed E-state index contributed by atoms with van der Waals surface area (Å²) in [6, 6.07) is 2.36. The lowest BCUT2D eigenvalue weighted by atomic mass is 9.94. The van der Waals surface area contributed by atoms with Crippen molar-refractivity contribution in [1.82, 2.24) is 0 Å². The fourth-order valence-electron chi connectivity index (χ4n) is 3.45. The van der Waals surface area contributed by atoms with Crippen LogP contribution in [-0.4, -0.2) is 12.6 Å². The Labute approximate surface area is 158 Å². The highest BCUT2D eigenvalue weighted by Gasteiger charge is 2.16. The first-order valence-corrected chi connectivity index (χ1v) is 9.42. The van der Waals surface area contributed by atoms with Crippen molar-refractivity contribution in [3.05, 3.63) is 75.4 Å². The lowest BCUT2D eigenvalue weighted by Gasteiger charge is -2.11. The van der Waals surface area contributed by atoms with Gasteiger partial charge in [-0.15, -0.1) is 0 Å². The van der Waals surface area contributed by atoms with Gasteiger partial charge in [0.15, 0.2) is 0 Å². The summed E-state index contributed by atoms with van der Waals surface area (Å²) < 4.78 is 4.91. The van der Waals surface area contributed by atoms with E-state index in [0.29, 0.717) is 6.61 Å². The van der Waals surface area contributed by atoms with E-state index in [-0.39, 0.29) is 5.97 Å². The van der Waals surface area contributed by atoms with Gasteiger partial charge in [0.2, 0.25) is 0 Å². The van der Waals surface area contributed by atoms with Crippen molar-refractivity contribution in [2.75, 3.05) is 6.61 Å². The molecule has 0 radical (unpaired) electrons. The van der Waals surface area contributed by atoms with E-state index in [0.717, 1.165) is 5.57 Å². The van der Waals surface area contributed by atoms with Gasteiger partial charge >= 0.3 is 5.97 Å². The van der Waals surface area contributed by atoms with Gasteiger partial charge in [0.1, 0.15) is 0 Å². The molecule has 138 valence electrons. The van der Waals surface area contributed by atoms with E-state index in [1.807, 2.05) is 19.1 Å². The SMILES string of the molecule is CCOC(=O)C=C(C)C=CC=C(C)C=Cc1c(C)cc2c(c1C)CCC2. The quantitative estimate of drug-likeness (QED) is 0.367. The number of carbonyl (C=O) groups is 1. The second-order valence-corrected chi connectivity index (χ2v) is 6.97. The maximum absolute atomic E-state index is 11.4. The highest BCUT2D eigenvalue weighted by Crippen LogP contribution is 2.30. The van der Waals surface area contributed by atoms with Gasteiger partial charge in [-0.3, -0.25) is 0 Å². The molecular weight excluding hydrogens is 320 g/mol. The number of rotatable bonds is 6. The molecule has 0 amide bonds. The number of allylic oxidation sites excluding steroid dienone is 6. The zero-order valence-electron chi connectivity index (χ0n) is 16.7. The summed E-state index contributed by atoms with van der Waals surface area (Å²) in [5.74, 6) is -0.294. The van der Waals surface area contributed by atoms with Gasteiger partial charge in [-0.1, -0.05) is 42.0 Å². The van der Waals surface area contributed by atoms with E-state index in [2.05, 4.69) is 45.1 Å². The van der Waals surface area contributed by atoms with E-state index < -0.39 is 0 Å². The van der Waals surface area contributed by atoms with Gasteiger partial charge < -0.3 is 4.74 Å². The van der Waals surface area contributed by atoms with Crippen molar-refractivity contribution in [2.24, 2.45) is 0 Å². The van der Waals surface area contributed by atoms with Gasteiger partial charge in [-0.25, -0.2) is 4.79 Å². The zero-order valence-corrected chi connectivity index (χ0v) is 16.7. The number of esters is 1. The fraction of sp³-hybridized carbons (Fsp3) is 0.375. The second-order valence-electron chi connectivity index (χ2n) is 6.97. The third kappa shape index (κ3) is 5.32. The summed E-state index contributed by atoms with van der Waals surface area (Å²) >= 11 is 0. The van der Waals surface area contributed by atoms with Crippen molar-refractivity contribution in [2.45, 2.75) is 53.9 Å². The first-order valence-electron chi connectivity index (χ1n) is 9.42. The average molecular weight is 351 g/mol. The van der Waals surface area contributed by atoms with Crippen molar-refractivity contribution in [1.29, 1.82) is 0 Å². The molecule has 0 saturated heterocycles. The summed E-state index contributed by atoms with van der Waals surface area (Å²) in [5.41, 5.74) is 9.28. The molecule has 2 rings (SSSR count). The van der Waals surface area contributed by atoms with Crippen LogP contribution in [0, 0.1) is 13.8 Å². The number of aryl methyl sites for hydroxylation is 2. The molecule has 2 nitrogen and oxygen atoms in total. The number of carbonyl (C=O) groups excluding carboxylic acids is 1. The number of hydrogen-bond acceptors (Lipinski definition) is 2. The normalized spacial score (nSPS) is 15.1. The monoisotopic (exact) mass is 350 g/mol. The summed E-state index contributed by atoms with van der Waals surface area (Å²) in [6.45, 7) is 10.6. The standard InChI is InChI=1S/C24H30O2/c1-6-26-24(25)15-18(3)10-7-9-17(2)13-14-22-19(4)16-21-11-8-12-23(21)20(22)5/h7,9-10,13-16H,6,8,11-12H2,1-5H3. The van der Waals surface area contributed by atoms with E-state index in [1.54, 1.807) is 12.5 Å². The van der Waals surface area contributed by atoms with Crippen LogP contribution in [0.3, 0.4) is 0 Å². The predicted molar refractivity (Wildman–Crippen MR) is 110 cm³/mol. The van der Waals surface area contributed by atoms with Gasteiger partial charge in [0.05, 0.1) is 6.61 Å². The molecule has 0 aromatic heterocycles. The van der Waals surface area contributed by atoms with Crippen LogP contribution in [0.2, 0.25) is 0 Å². The van der Waals surface area contributed by atoms with E-state index in [4.69, 9.17) is 4.74 Å². The minimum absolute atomic E-state index is 0.294. The highest BCUT2D eigenvalue weighted by atomic mass is 16.5. The van der Waals surface area contributed by atoms with Crippen LogP contribution in [0.1, 0.15) is 55.0 Å². The third-order valence-electron chi connectivity index (χ3n) is 4.80. The molecule has 0 atom stereocenters. The summed E-state index contributed by atoms with van der Waals surface area (Å²) in [7, 11) is 0. The first kappa shape index (κ1) is 20.0. The van der Waals surface area contributed by atoms with Crippen LogP contribution in [0.4, 0.5) is 0 Å². The third-order valence-corrected chi connectivity index (χ3v) is 4.80. The van der Waals surface area contributed by atoms with Crippen LogP contribution >= 0.6 is 0 Å². The number of ether oxygens (including phenoxy) is 1. The minimum Gasteiger partial charge on any atom is -0.463 e. The molecule has 0 N–H and O–H groups in total. The summed E-state index contributed by atoms with van der Waals surface area (Å²) in [5, 5.41) is 0. The second kappa shape index (κ2) is 9.38. The molecule has 1 aliphatic rings. The van der Waals surface area contributed by atoms with Crippen molar-refractivity contribution in [3.8, 4) is 0 Å². The van der Waals surface area contributed by atoms with Crippen LogP contribution in [0.15, 0.2) is 47.6 Å². The molecule has 0 fully saturated rings. The molecule has 1 aromatic carbocycles. The van der Waals surface area contributed by atoms with Crippen molar-refractivity contribution < 1.29 is 9.53 Å². The molecule has 0 heterocycles. The molecule has 2 heteroatoms. The van der Waals surface area contributed by atoms with Crippen LogP contribution < -0.4 is 0 Å². The molecule has 0 bridgehead atoms. The van der Waals surface area contributed by atoms with E-state index in [9.17, 15) is 4.79 Å². The zero-order chi connectivity index (χ0) is 19.1.